The minimum Gasteiger partial charge on any atom is -0.494 e. The number of unbranched alkanes of at least 4 members (excludes halogenated alkanes) is 3. The van der Waals surface area contributed by atoms with Gasteiger partial charge in [-0.05, 0) is 68.0 Å². The lowest BCUT2D eigenvalue weighted by molar-refractivity contribution is 0.0734. The number of benzene rings is 1. The van der Waals surface area contributed by atoms with Gasteiger partial charge in [-0.2, -0.15) is 0 Å². The van der Waals surface area contributed by atoms with E-state index >= 15 is 0 Å². The van der Waals surface area contributed by atoms with Crippen LogP contribution in [0.2, 0.25) is 0 Å². The van der Waals surface area contributed by atoms with Gasteiger partial charge < -0.3 is 9.47 Å². The summed E-state index contributed by atoms with van der Waals surface area (Å²) in [6, 6.07) is 10.8. The Bertz CT molecular complexity index is 792. The highest BCUT2D eigenvalue weighted by atomic mass is 16.5. The van der Waals surface area contributed by atoms with Crippen molar-refractivity contribution in [2.75, 3.05) is 6.61 Å². The van der Waals surface area contributed by atoms with E-state index in [2.05, 4.69) is 11.9 Å². The maximum atomic E-state index is 12.3. The number of carbonyl (C=O) groups is 1. The zero-order valence-corrected chi connectivity index (χ0v) is 19.9. The summed E-state index contributed by atoms with van der Waals surface area (Å²) in [5.41, 5.74) is 1.58. The van der Waals surface area contributed by atoms with Gasteiger partial charge in [0.05, 0.1) is 18.4 Å². The largest absolute Gasteiger partial charge is 0.494 e. The lowest BCUT2D eigenvalue weighted by Gasteiger charge is -2.28. The van der Waals surface area contributed by atoms with E-state index in [9.17, 15) is 4.79 Å². The van der Waals surface area contributed by atoms with Gasteiger partial charge in [-0.1, -0.05) is 64.7 Å². The maximum absolute atomic E-state index is 12.3. The number of ether oxygens (including phenoxy) is 2. The molecule has 32 heavy (non-hydrogen) atoms. The van der Waals surface area contributed by atoms with Gasteiger partial charge in [-0.15, -0.1) is 0 Å². The number of esters is 1. The lowest BCUT2D eigenvalue weighted by Crippen LogP contribution is -2.15. The molecule has 2 aromatic rings. The first-order valence-electron chi connectivity index (χ1n) is 12.6. The molecule has 1 aliphatic carbocycles. The number of hydrogen-bond donors (Lipinski definition) is 0. The van der Waals surface area contributed by atoms with E-state index in [-0.39, 0.29) is 5.97 Å². The predicted octanol–water partition coefficient (Wildman–Crippen LogP) is 7.41. The predicted molar refractivity (Wildman–Crippen MR) is 129 cm³/mol. The second-order valence-electron chi connectivity index (χ2n) is 9.11. The highest BCUT2D eigenvalue weighted by Gasteiger charge is 2.20. The molecule has 4 nitrogen and oxygen atoms in total. The van der Waals surface area contributed by atoms with E-state index in [1.807, 2.05) is 19.1 Å². The van der Waals surface area contributed by atoms with Crippen LogP contribution in [0.25, 0.3) is 0 Å². The molecule has 0 aliphatic heterocycles. The van der Waals surface area contributed by atoms with Gasteiger partial charge in [-0.25, -0.2) is 4.79 Å². The molecule has 1 aromatic carbocycles. The van der Waals surface area contributed by atoms with E-state index in [0.717, 1.165) is 29.7 Å². The van der Waals surface area contributed by atoms with Gasteiger partial charge in [0, 0.05) is 5.69 Å². The Labute approximate surface area is 193 Å². The van der Waals surface area contributed by atoms with E-state index in [1.165, 1.54) is 64.2 Å². The molecule has 4 heteroatoms. The van der Waals surface area contributed by atoms with Crippen LogP contribution in [0.4, 0.5) is 0 Å². The third kappa shape index (κ3) is 7.96. The summed E-state index contributed by atoms with van der Waals surface area (Å²) < 4.78 is 10.9. The van der Waals surface area contributed by atoms with Gasteiger partial charge in [0.2, 0.25) is 0 Å². The Kier molecular flexibility index (Phi) is 10.1. The molecule has 174 valence electrons. The number of aromatic nitrogens is 1. The Morgan fingerprint density at radius 2 is 1.56 bits per heavy atom. The van der Waals surface area contributed by atoms with Crippen molar-refractivity contribution in [2.45, 2.75) is 84.5 Å². The summed E-state index contributed by atoms with van der Waals surface area (Å²) in [5, 5.41) is 0. The van der Waals surface area contributed by atoms with E-state index < -0.39 is 0 Å². The Morgan fingerprint density at radius 3 is 2.19 bits per heavy atom. The Balaban J connectivity index is 1.37. The molecule has 0 unspecified atom stereocenters. The molecule has 0 saturated heterocycles. The van der Waals surface area contributed by atoms with Crippen LogP contribution in [-0.4, -0.2) is 17.6 Å². The fourth-order valence-corrected chi connectivity index (χ4v) is 4.66. The third-order valence-electron chi connectivity index (χ3n) is 6.65. The van der Waals surface area contributed by atoms with Crippen LogP contribution in [0.3, 0.4) is 0 Å². The SMILES string of the molecule is CCCCCCC1CCC(CCc2ccc(OC(=O)c3ccc(OCC)cc3)cn2)CC1. The molecule has 0 atom stereocenters. The topological polar surface area (TPSA) is 48.4 Å². The summed E-state index contributed by atoms with van der Waals surface area (Å²) in [6.07, 6.45) is 16.4. The Hall–Kier alpha value is -2.36. The first kappa shape index (κ1) is 24.3. The summed E-state index contributed by atoms with van der Waals surface area (Å²) in [6.45, 7) is 4.81. The van der Waals surface area contributed by atoms with Gasteiger partial charge >= 0.3 is 5.97 Å². The van der Waals surface area contributed by atoms with E-state index in [4.69, 9.17) is 9.47 Å². The van der Waals surface area contributed by atoms with Crippen molar-refractivity contribution >= 4 is 5.97 Å². The lowest BCUT2D eigenvalue weighted by atomic mass is 9.78. The first-order chi connectivity index (χ1) is 15.7. The molecule has 1 heterocycles. The minimum atomic E-state index is -0.381. The number of nitrogens with zero attached hydrogens (tertiary/aromatic N) is 1. The molecule has 0 spiro atoms. The van der Waals surface area contributed by atoms with Crippen LogP contribution in [0, 0.1) is 11.8 Å². The van der Waals surface area contributed by atoms with Crippen LogP contribution in [0.5, 0.6) is 11.5 Å². The molecular formula is C28H39NO3. The van der Waals surface area contributed by atoms with Crippen molar-refractivity contribution in [3.63, 3.8) is 0 Å². The number of aryl methyl sites for hydroxylation is 1. The normalized spacial score (nSPS) is 18.3. The van der Waals surface area contributed by atoms with Crippen LogP contribution < -0.4 is 9.47 Å². The van der Waals surface area contributed by atoms with Crippen molar-refractivity contribution in [3.05, 3.63) is 53.9 Å². The standard InChI is InChI=1S/C28H39NO3/c1-3-5-6-7-8-22-9-11-23(12-10-22)13-16-25-17-20-27(21-29-25)32-28(30)24-14-18-26(19-15-24)31-4-2/h14-15,17-23H,3-13,16H2,1-2H3. The van der Waals surface area contributed by atoms with E-state index in [0.29, 0.717) is 17.9 Å². The molecular weight excluding hydrogens is 398 g/mol. The summed E-state index contributed by atoms with van der Waals surface area (Å²) >= 11 is 0. The fourth-order valence-electron chi connectivity index (χ4n) is 4.66. The van der Waals surface area contributed by atoms with Gasteiger partial charge in [0.25, 0.3) is 0 Å². The molecule has 1 fully saturated rings. The minimum absolute atomic E-state index is 0.381. The molecule has 3 rings (SSSR count). The van der Waals surface area contributed by atoms with Crippen molar-refractivity contribution in [1.82, 2.24) is 4.98 Å². The fraction of sp³-hybridized carbons (Fsp3) is 0.571. The highest BCUT2D eigenvalue weighted by molar-refractivity contribution is 5.91. The zero-order valence-electron chi connectivity index (χ0n) is 19.9. The molecule has 1 aromatic heterocycles. The van der Waals surface area contributed by atoms with Crippen LogP contribution in [-0.2, 0) is 6.42 Å². The van der Waals surface area contributed by atoms with Gasteiger partial charge in [0.1, 0.15) is 11.5 Å². The molecule has 0 amide bonds. The van der Waals surface area contributed by atoms with Gasteiger partial charge in [0.15, 0.2) is 0 Å². The molecule has 0 N–H and O–H groups in total. The third-order valence-corrected chi connectivity index (χ3v) is 6.65. The highest BCUT2D eigenvalue weighted by Crippen LogP contribution is 2.34. The van der Waals surface area contributed by atoms with Crippen molar-refractivity contribution in [2.24, 2.45) is 11.8 Å². The Morgan fingerprint density at radius 1 is 0.875 bits per heavy atom. The quantitative estimate of drug-likeness (QED) is 0.256. The zero-order chi connectivity index (χ0) is 22.6. The number of rotatable bonds is 12. The van der Waals surface area contributed by atoms with Crippen molar-refractivity contribution < 1.29 is 14.3 Å². The van der Waals surface area contributed by atoms with Crippen molar-refractivity contribution in [3.8, 4) is 11.5 Å². The van der Waals surface area contributed by atoms with Crippen LogP contribution in [0.15, 0.2) is 42.6 Å². The average molecular weight is 438 g/mol. The molecule has 1 aliphatic rings. The van der Waals surface area contributed by atoms with Crippen LogP contribution in [0.1, 0.15) is 94.1 Å². The average Bonchev–Trinajstić information content (AvgIpc) is 2.83. The first-order valence-corrected chi connectivity index (χ1v) is 12.6. The van der Waals surface area contributed by atoms with Gasteiger partial charge in [-0.3, -0.25) is 4.98 Å². The molecule has 1 saturated carbocycles. The number of carbonyl (C=O) groups excluding carboxylic acids is 1. The second kappa shape index (κ2) is 13.2. The summed E-state index contributed by atoms with van der Waals surface area (Å²) in [5.74, 6) is 2.65. The number of hydrogen-bond acceptors (Lipinski definition) is 4. The maximum Gasteiger partial charge on any atom is 0.343 e. The second-order valence-corrected chi connectivity index (χ2v) is 9.11. The molecule has 0 radical (unpaired) electrons. The smallest absolute Gasteiger partial charge is 0.343 e. The summed E-state index contributed by atoms with van der Waals surface area (Å²) in [7, 11) is 0. The van der Waals surface area contributed by atoms with Crippen LogP contribution >= 0.6 is 0 Å². The number of pyridine rings is 1. The summed E-state index contributed by atoms with van der Waals surface area (Å²) in [4.78, 5) is 16.9. The van der Waals surface area contributed by atoms with Crippen molar-refractivity contribution in [1.29, 1.82) is 0 Å². The van der Waals surface area contributed by atoms with E-state index in [1.54, 1.807) is 30.5 Å². The monoisotopic (exact) mass is 437 g/mol. The molecule has 0 bridgehead atoms.